The molecule has 0 saturated carbocycles. The average molecular weight is 344 g/mol. The lowest BCUT2D eigenvalue weighted by Crippen LogP contribution is -2.63. The fourth-order valence-electron chi connectivity index (χ4n) is 2.86. The molecule has 2 aliphatic heterocycles. The van der Waals surface area contributed by atoms with Crippen LogP contribution in [0.25, 0.3) is 0 Å². The molecule has 2 fully saturated rings. The van der Waals surface area contributed by atoms with E-state index >= 15 is 0 Å². The lowest BCUT2D eigenvalue weighted by molar-refractivity contribution is -0.168. The number of morpholine rings is 1. The quantitative estimate of drug-likeness (QED) is 0.717. The SMILES string of the molecule is Cc1noc(C2CN(C(=O)C3(C)CN(S(C)(=O)=O)CCO3)C2)n1. The molecular formula is C13H20N4O5S. The van der Waals surface area contributed by atoms with Crippen LogP contribution in [0.5, 0.6) is 0 Å². The summed E-state index contributed by atoms with van der Waals surface area (Å²) in [4.78, 5) is 18.5. The van der Waals surface area contributed by atoms with Crippen molar-refractivity contribution in [2.45, 2.75) is 25.4 Å². The van der Waals surface area contributed by atoms with Crippen LogP contribution >= 0.6 is 0 Å². The largest absolute Gasteiger partial charge is 0.363 e. The van der Waals surface area contributed by atoms with Crippen molar-refractivity contribution in [1.29, 1.82) is 0 Å². The molecule has 3 heterocycles. The number of likely N-dealkylation sites (tertiary alicyclic amines) is 1. The van der Waals surface area contributed by atoms with Gasteiger partial charge in [0, 0.05) is 19.6 Å². The standard InChI is InChI=1S/C13H20N4O5S/c1-9-14-11(22-15-9)10-6-16(7-10)12(18)13(2)8-17(4-5-21-13)23(3,19)20/h10H,4-8H2,1-3H3. The summed E-state index contributed by atoms with van der Waals surface area (Å²) in [5.41, 5.74) is -1.16. The van der Waals surface area contributed by atoms with Crippen LogP contribution in [-0.2, 0) is 19.6 Å². The van der Waals surface area contributed by atoms with Crippen LogP contribution in [0.4, 0.5) is 0 Å². The maximum atomic E-state index is 12.7. The first-order chi connectivity index (χ1) is 10.7. The molecule has 1 amide bonds. The molecule has 1 unspecified atom stereocenters. The molecule has 9 nitrogen and oxygen atoms in total. The minimum atomic E-state index is -3.35. The van der Waals surface area contributed by atoms with Crippen LogP contribution in [0.2, 0.25) is 0 Å². The Kier molecular flexibility index (Phi) is 3.93. The van der Waals surface area contributed by atoms with Gasteiger partial charge in [0.25, 0.3) is 5.91 Å². The van der Waals surface area contributed by atoms with Gasteiger partial charge in [0.1, 0.15) is 0 Å². The highest BCUT2D eigenvalue weighted by molar-refractivity contribution is 7.88. The molecule has 0 aliphatic carbocycles. The topological polar surface area (TPSA) is 106 Å². The van der Waals surface area contributed by atoms with Crippen LogP contribution < -0.4 is 0 Å². The van der Waals surface area contributed by atoms with E-state index in [9.17, 15) is 13.2 Å². The number of carbonyl (C=O) groups is 1. The number of sulfonamides is 1. The van der Waals surface area contributed by atoms with Gasteiger partial charge in [-0.3, -0.25) is 4.79 Å². The first-order valence-electron chi connectivity index (χ1n) is 7.38. The van der Waals surface area contributed by atoms with Crippen molar-refractivity contribution in [3.8, 4) is 0 Å². The van der Waals surface area contributed by atoms with Crippen molar-refractivity contribution in [2.24, 2.45) is 0 Å². The smallest absolute Gasteiger partial charge is 0.255 e. The summed E-state index contributed by atoms with van der Waals surface area (Å²) in [5, 5.41) is 3.74. The van der Waals surface area contributed by atoms with Crippen LogP contribution in [0, 0.1) is 6.92 Å². The highest BCUT2D eigenvalue weighted by Crippen LogP contribution is 2.30. The zero-order chi connectivity index (χ0) is 16.8. The van der Waals surface area contributed by atoms with E-state index < -0.39 is 15.6 Å². The molecular weight excluding hydrogens is 324 g/mol. The molecule has 128 valence electrons. The number of rotatable bonds is 3. The molecule has 1 aromatic rings. The summed E-state index contributed by atoms with van der Waals surface area (Å²) in [6.45, 7) is 4.82. The molecule has 0 spiro atoms. The Balaban J connectivity index is 1.64. The maximum Gasteiger partial charge on any atom is 0.255 e. The van der Waals surface area contributed by atoms with Crippen molar-refractivity contribution in [3.63, 3.8) is 0 Å². The van der Waals surface area contributed by atoms with Gasteiger partial charge in [-0.25, -0.2) is 8.42 Å². The normalized spacial score (nSPS) is 27.0. The number of aryl methyl sites for hydroxylation is 1. The molecule has 10 heteroatoms. The Morgan fingerprint density at radius 2 is 2.09 bits per heavy atom. The van der Waals surface area contributed by atoms with Gasteiger partial charge in [0.05, 0.1) is 25.3 Å². The number of nitrogens with zero attached hydrogens (tertiary/aromatic N) is 4. The fraction of sp³-hybridized carbons (Fsp3) is 0.769. The predicted octanol–water partition coefficient (Wildman–Crippen LogP) is -0.646. The van der Waals surface area contributed by atoms with Crippen molar-refractivity contribution in [1.82, 2.24) is 19.3 Å². The van der Waals surface area contributed by atoms with E-state index in [1.165, 1.54) is 4.31 Å². The Labute approximate surface area is 134 Å². The van der Waals surface area contributed by atoms with Crippen LogP contribution in [0.15, 0.2) is 4.52 Å². The van der Waals surface area contributed by atoms with E-state index in [1.54, 1.807) is 18.7 Å². The van der Waals surface area contributed by atoms with E-state index in [1.807, 2.05) is 0 Å². The zero-order valence-corrected chi connectivity index (χ0v) is 14.2. The van der Waals surface area contributed by atoms with Gasteiger partial charge in [0.2, 0.25) is 15.9 Å². The summed E-state index contributed by atoms with van der Waals surface area (Å²) < 4.78 is 35.4. The molecule has 3 rings (SSSR count). The van der Waals surface area contributed by atoms with Crippen LogP contribution in [0.1, 0.15) is 24.6 Å². The average Bonchev–Trinajstić information content (AvgIpc) is 2.82. The van der Waals surface area contributed by atoms with Gasteiger partial charge in [-0.15, -0.1) is 0 Å². The molecule has 0 radical (unpaired) electrons. The summed E-state index contributed by atoms with van der Waals surface area (Å²) in [7, 11) is -3.35. The Morgan fingerprint density at radius 1 is 1.39 bits per heavy atom. The molecule has 1 atom stereocenters. The number of ether oxygens (including phenoxy) is 1. The summed E-state index contributed by atoms with van der Waals surface area (Å²) in [6.07, 6.45) is 1.14. The lowest BCUT2D eigenvalue weighted by Gasteiger charge is -2.45. The second-order valence-corrected chi connectivity index (χ2v) is 8.25. The monoisotopic (exact) mass is 344 g/mol. The van der Waals surface area contributed by atoms with Gasteiger partial charge in [0.15, 0.2) is 11.4 Å². The van der Waals surface area contributed by atoms with Gasteiger partial charge >= 0.3 is 0 Å². The second kappa shape index (κ2) is 5.53. The summed E-state index contributed by atoms with van der Waals surface area (Å²) >= 11 is 0. The van der Waals surface area contributed by atoms with E-state index in [0.29, 0.717) is 24.8 Å². The Morgan fingerprint density at radius 3 is 2.65 bits per heavy atom. The first kappa shape index (κ1) is 16.3. The van der Waals surface area contributed by atoms with E-state index in [0.717, 1.165) is 6.26 Å². The van der Waals surface area contributed by atoms with Crippen molar-refractivity contribution in [3.05, 3.63) is 11.7 Å². The molecule has 0 N–H and O–H groups in total. The van der Waals surface area contributed by atoms with Crippen molar-refractivity contribution < 1.29 is 22.5 Å². The van der Waals surface area contributed by atoms with Gasteiger partial charge in [-0.1, -0.05) is 5.16 Å². The zero-order valence-electron chi connectivity index (χ0n) is 13.4. The minimum Gasteiger partial charge on any atom is -0.363 e. The summed E-state index contributed by atoms with van der Waals surface area (Å²) in [5.74, 6) is 0.909. The number of amides is 1. The van der Waals surface area contributed by atoms with Crippen LogP contribution in [-0.4, -0.2) is 78.3 Å². The third-order valence-corrected chi connectivity index (χ3v) is 5.47. The van der Waals surface area contributed by atoms with E-state index in [-0.39, 0.29) is 31.5 Å². The highest BCUT2D eigenvalue weighted by atomic mass is 32.2. The first-order valence-corrected chi connectivity index (χ1v) is 9.22. The molecule has 1 aromatic heterocycles. The third-order valence-electron chi connectivity index (χ3n) is 4.22. The molecule has 2 aliphatic rings. The predicted molar refractivity (Wildman–Crippen MR) is 79.1 cm³/mol. The number of hydrogen-bond donors (Lipinski definition) is 0. The molecule has 0 aromatic carbocycles. The lowest BCUT2D eigenvalue weighted by atomic mass is 9.95. The number of hydrogen-bond acceptors (Lipinski definition) is 7. The second-order valence-electron chi connectivity index (χ2n) is 6.26. The third kappa shape index (κ3) is 3.10. The van der Waals surface area contributed by atoms with Gasteiger partial charge < -0.3 is 14.2 Å². The number of aromatic nitrogens is 2. The Hall–Kier alpha value is -1.52. The molecule has 23 heavy (non-hydrogen) atoms. The maximum absolute atomic E-state index is 12.7. The number of carbonyl (C=O) groups excluding carboxylic acids is 1. The van der Waals surface area contributed by atoms with Crippen LogP contribution in [0.3, 0.4) is 0 Å². The van der Waals surface area contributed by atoms with Gasteiger partial charge in [-0.05, 0) is 13.8 Å². The highest BCUT2D eigenvalue weighted by Gasteiger charge is 2.47. The fourth-order valence-corrected chi connectivity index (χ4v) is 3.75. The van der Waals surface area contributed by atoms with Gasteiger partial charge in [-0.2, -0.15) is 9.29 Å². The molecule has 0 bridgehead atoms. The van der Waals surface area contributed by atoms with E-state index in [4.69, 9.17) is 9.26 Å². The van der Waals surface area contributed by atoms with E-state index in [2.05, 4.69) is 10.1 Å². The summed E-state index contributed by atoms with van der Waals surface area (Å²) in [6, 6.07) is 0. The molecule has 2 saturated heterocycles. The minimum absolute atomic E-state index is 0.0263. The van der Waals surface area contributed by atoms with Crippen molar-refractivity contribution in [2.75, 3.05) is 39.0 Å². The Bertz CT molecular complexity index is 712. The van der Waals surface area contributed by atoms with Crippen molar-refractivity contribution >= 4 is 15.9 Å².